The Morgan fingerprint density at radius 2 is 1.78 bits per heavy atom. The number of imidazole rings is 1. The number of aromatic nitrogens is 2. The largest absolute Gasteiger partial charge is 0.350 e. The van der Waals surface area contributed by atoms with E-state index in [1.54, 1.807) is 12.5 Å². The first kappa shape index (κ1) is 18.9. The summed E-state index contributed by atoms with van der Waals surface area (Å²) in [4.78, 5) is 19.0. The molecule has 140 valence electrons. The summed E-state index contributed by atoms with van der Waals surface area (Å²) in [7, 11) is 0. The maximum absolute atomic E-state index is 12.6. The molecule has 1 unspecified atom stereocenters. The van der Waals surface area contributed by atoms with Gasteiger partial charge in [0.2, 0.25) is 0 Å². The standard InChI is InChI=1S/C22H26N4O/c1-3-25(4-2)21(18-8-6-5-7-9-18)16-24-22(27)19-10-12-20(13-11-19)26-15-14-23-17-26/h5-15,17,21H,3-4,16H2,1-2H3,(H,24,27). The van der Waals surface area contributed by atoms with Gasteiger partial charge >= 0.3 is 0 Å². The van der Waals surface area contributed by atoms with Crippen LogP contribution in [0.3, 0.4) is 0 Å². The van der Waals surface area contributed by atoms with Crippen LogP contribution in [0.2, 0.25) is 0 Å². The maximum Gasteiger partial charge on any atom is 0.251 e. The fourth-order valence-corrected chi connectivity index (χ4v) is 3.29. The van der Waals surface area contributed by atoms with Crippen molar-refractivity contribution in [3.05, 3.63) is 84.4 Å². The summed E-state index contributed by atoms with van der Waals surface area (Å²) in [6, 6.07) is 18.1. The summed E-state index contributed by atoms with van der Waals surface area (Å²) >= 11 is 0. The number of rotatable bonds is 8. The zero-order valence-corrected chi connectivity index (χ0v) is 15.9. The molecule has 0 aliphatic carbocycles. The molecular weight excluding hydrogens is 336 g/mol. The average molecular weight is 362 g/mol. The second kappa shape index (κ2) is 9.14. The number of benzene rings is 2. The van der Waals surface area contributed by atoms with Crippen molar-refractivity contribution in [3.63, 3.8) is 0 Å². The van der Waals surface area contributed by atoms with Gasteiger partial charge in [-0.05, 0) is 42.9 Å². The molecule has 0 spiro atoms. The third-order valence-electron chi connectivity index (χ3n) is 4.83. The fraction of sp³-hybridized carbons (Fsp3) is 0.273. The summed E-state index contributed by atoms with van der Waals surface area (Å²) in [5, 5.41) is 3.10. The lowest BCUT2D eigenvalue weighted by Gasteiger charge is -2.30. The van der Waals surface area contributed by atoms with Crippen LogP contribution in [0.25, 0.3) is 5.69 Å². The minimum absolute atomic E-state index is 0.0553. The number of hydrogen-bond acceptors (Lipinski definition) is 3. The van der Waals surface area contributed by atoms with Crippen LogP contribution < -0.4 is 5.32 Å². The maximum atomic E-state index is 12.6. The Bertz CT molecular complexity index is 825. The van der Waals surface area contributed by atoms with Gasteiger partial charge in [-0.1, -0.05) is 44.2 Å². The molecule has 3 aromatic rings. The first-order valence-corrected chi connectivity index (χ1v) is 9.38. The van der Waals surface area contributed by atoms with Crippen molar-refractivity contribution < 1.29 is 4.79 Å². The normalized spacial score (nSPS) is 12.1. The number of likely N-dealkylation sites (N-methyl/N-ethyl adjacent to an activating group) is 1. The average Bonchev–Trinajstić information content (AvgIpc) is 3.26. The smallest absolute Gasteiger partial charge is 0.251 e. The third kappa shape index (κ3) is 4.63. The van der Waals surface area contributed by atoms with Gasteiger partial charge in [0, 0.05) is 30.2 Å². The highest BCUT2D eigenvalue weighted by atomic mass is 16.1. The molecule has 0 fully saturated rings. The number of carbonyl (C=O) groups excluding carboxylic acids is 1. The Morgan fingerprint density at radius 1 is 1.07 bits per heavy atom. The van der Waals surface area contributed by atoms with Crippen molar-refractivity contribution in [2.45, 2.75) is 19.9 Å². The minimum Gasteiger partial charge on any atom is -0.350 e. The molecule has 3 rings (SSSR count). The number of carbonyl (C=O) groups is 1. The van der Waals surface area contributed by atoms with Crippen LogP contribution in [0.1, 0.15) is 35.8 Å². The molecule has 2 aromatic carbocycles. The molecule has 27 heavy (non-hydrogen) atoms. The number of nitrogens with zero attached hydrogens (tertiary/aromatic N) is 3. The van der Waals surface area contributed by atoms with Gasteiger partial charge in [0.05, 0.1) is 12.4 Å². The van der Waals surface area contributed by atoms with E-state index in [9.17, 15) is 4.79 Å². The van der Waals surface area contributed by atoms with Gasteiger partial charge in [0.25, 0.3) is 5.91 Å². The molecule has 1 aromatic heterocycles. The highest BCUT2D eigenvalue weighted by Gasteiger charge is 2.19. The lowest BCUT2D eigenvalue weighted by atomic mass is 10.0. The fourth-order valence-electron chi connectivity index (χ4n) is 3.29. The zero-order valence-electron chi connectivity index (χ0n) is 15.9. The van der Waals surface area contributed by atoms with E-state index in [2.05, 4.69) is 41.2 Å². The van der Waals surface area contributed by atoms with Gasteiger partial charge in [0.15, 0.2) is 0 Å². The van der Waals surface area contributed by atoms with Crippen molar-refractivity contribution in [1.29, 1.82) is 0 Å². The Labute approximate surface area is 160 Å². The molecule has 5 nitrogen and oxygen atoms in total. The SMILES string of the molecule is CCN(CC)C(CNC(=O)c1ccc(-n2ccnc2)cc1)c1ccccc1. The molecule has 0 aliphatic rings. The topological polar surface area (TPSA) is 50.2 Å². The number of nitrogens with one attached hydrogen (secondary N) is 1. The Balaban J connectivity index is 1.68. The summed E-state index contributed by atoms with van der Waals surface area (Å²) < 4.78 is 1.91. The quantitative estimate of drug-likeness (QED) is 0.665. The first-order chi connectivity index (χ1) is 13.2. The molecule has 1 atom stereocenters. The van der Waals surface area contributed by atoms with Crippen LogP contribution in [-0.4, -0.2) is 40.0 Å². The predicted octanol–water partition coefficient (Wildman–Crippen LogP) is 3.69. The van der Waals surface area contributed by atoms with E-state index >= 15 is 0 Å². The lowest BCUT2D eigenvalue weighted by Crippen LogP contribution is -2.38. The molecular formula is C22H26N4O. The first-order valence-electron chi connectivity index (χ1n) is 9.38. The summed E-state index contributed by atoms with van der Waals surface area (Å²) in [5.41, 5.74) is 2.86. The third-order valence-corrected chi connectivity index (χ3v) is 4.83. The summed E-state index contributed by atoms with van der Waals surface area (Å²) in [5.74, 6) is -0.0553. The van der Waals surface area contributed by atoms with Gasteiger partial charge < -0.3 is 9.88 Å². The van der Waals surface area contributed by atoms with E-state index in [-0.39, 0.29) is 11.9 Å². The molecule has 1 heterocycles. The van der Waals surface area contributed by atoms with E-state index in [1.165, 1.54) is 5.56 Å². The molecule has 0 saturated carbocycles. The van der Waals surface area contributed by atoms with Crippen LogP contribution in [0.5, 0.6) is 0 Å². The Hall–Kier alpha value is -2.92. The van der Waals surface area contributed by atoms with Crippen LogP contribution in [-0.2, 0) is 0 Å². The second-order valence-electron chi connectivity index (χ2n) is 6.37. The van der Waals surface area contributed by atoms with Gasteiger partial charge in [-0.25, -0.2) is 4.98 Å². The number of amides is 1. The highest BCUT2D eigenvalue weighted by molar-refractivity contribution is 5.94. The Kier molecular flexibility index (Phi) is 6.39. The Morgan fingerprint density at radius 3 is 2.37 bits per heavy atom. The van der Waals surface area contributed by atoms with Gasteiger partial charge in [-0.3, -0.25) is 9.69 Å². The van der Waals surface area contributed by atoms with Crippen molar-refractivity contribution in [1.82, 2.24) is 19.8 Å². The van der Waals surface area contributed by atoms with Gasteiger partial charge in [0.1, 0.15) is 0 Å². The zero-order chi connectivity index (χ0) is 19.1. The van der Waals surface area contributed by atoms with E-state index in [4.69, 9.17) is 0 Å². The van der Waals surface area contributed by atoms with E-state index in [0.29, 0.717) is 12.1 Å². The second-order valence-corrected chi connectivity index (χ2v) is 6.37. The van der Waals surface area contributed by atoms with Crippen LogP contribution in [0.4, 0.5) is 0 Å². The van der Waals surface area contributed by atoms with E-state index < -0.39 is 0 Å². The summed E-state index contributed by atoms with van der Waals surface area (Å²) in [6.07, 6.45) is 5.35. The van der Waals surface area contributed by atoms with E-state index in [0.717, 1.165) is 18.8 Å². The lowest BCUT2D eigenvalue weighted by molar-refractivity contribution is 0.0935. The van der Waals surface area contributed by atoms with Crippen LogP contribution in [0, 0.1) is 0 Å². The summed E-state index contributed by atoms with van der Waals surface area (Å²) in [6.45, 7) is 6.75. The molecule has 0 aliphatic heterocycles. The van der Waals surface area contributed by atoms with Crippen molar-refractivity contribution in [2.75, 3.05) is 19.6 Å². The molecule has 1 amide bonds. The van der Waals surface area contributed by atoms with Crippen LogP contribution in [0.15, 0.2) is 73.3 Å². The minimum atomic E-state index is -0.0553. The molecule has 1 N–H and O–H groups in total. The van der Waals surface area contributed by atoms with Crippen molar-refractivity contribution in [2.24, 2.45) is 0 Å². The molecule has 5 heteroatoms. The monoisotopic (exact) mass is 362 g/mol. The van der Waals surface area contributed by atoms with Gasteiger partial charge in [-0.15, -0.1) is 0 Å². The van der Waals surface area contributed by atoms with Crippen LogP contribution >= 0.6 is 0 Å². The van der Waals surface area contributed by atoms with Crippen molar-refractivity contribution in [3.8, 4) is 5.69 Å². The van der Waals surface area contributed by atoms with Crippen molar-refractivity contribution >= 4 is 5.91 Å². The molecule has 0 radical (unpaired) electrons. The van der Waals surface area contributed by atoms with Gasteiger partial charge in [-0.2, -0.15) is 0 Å². The highest BCUT2D eigenvalue weighted by Crippen LogP contribution is 2.19. The molecule has 0 saturated heterocycles. The molecule has 0 bridgehead atoms. The predicted molar refractivity (Wildman–Crippen MR) is 108 cm³/mol. The number of hydrogen-bond donors (Lipinski definition) is 1. The van der Waals surface area contributed by atoms with E-state index in [1.807, 2.05) is 53.2 Å².